The lowest BCUT2D eigenvalue weighted by atomic mass is 9.99. The van der Waals surface area contributed by atoms with Crippen molar-refractivity contribution in [1.29, 1.82) is 0 Å². The van der Waals surface area contributed by atoms with E-state index >= 15 is 0 Å². The van der Waals surface area contributed by atoms with E-state index in [0.29, 0.717) is 0 Å². The first-order valence-corrected chi connectivity index (χ1v) is 15.2. The molecule has 0 amide bonds. The fraction of sp³-hybridized carbons (Fsp3) is 0.438. The van der Waals surface area contributed by atoms with E-state index in [4.69, 9.17) is 37.6 Å². The quantitative estimate of drug-likeness (QED) is 0.0843. The Kier molecular flexibility index (Phi) is 10.9. The second kappa shape index (κ2) is 15.0. The van der Waals surface area contributed by atoms with Crippen LogP contribution in [0.15, 0.2) is 39.5 Å². The first kappa shape index (κ1) is 37.1. The molecule has 2 saturated heterocycles. The number of benzene rings is 2. The minimum absolute atomic E-state index is 0.0161. The molecule has 3 heterocycles. The largest absolute Gasteiger partial charge is 0.508 e. The molecule has 2 fully saturated rings. The van der Waals surface area contributed by atoms with E-state index in [1.165, 1.54) is 6.07 Å². The zero-order valence-electron chi connectivity index (χ0n) is 27.0. The molecule has 2 aliphatic rings. The van der Waals surface area contributed by atoms with E-state index in [9.17, 15) is 54.9 Å². The summed E-state index contributed by atoms with van der Waals surface area (Å²) in [6, 6.07) is 5.28. The van der Waals surface area contributed by atoms with E-state index < -0.39 is 125 Å². The lowest BCUT2D eigenvalue weighted by molar-refractivity contribution is -0.310. The highest BCUT2D eigenvalue weighted by molar-refractivity contribution is 5.88. The summed E-state index contributed by atoms with van der Waals surface area (Å²) in [6.07, 6.45) is -14.7. The van der Waals surface area contributed by atoms with Crippen LogP contribution in [0.25, 0.3) is 22.3 Å². The monoisotopic (exact) mass is 722 g/mol. The molecule has 1 aromatic heterocycles. The molecule has 3 aromatic rings. The van der Waals surface area contributed by atoms with Gasteiger partial charge >= 0.3 is 17.9 Å². The maximum absolute atomic E-state index is 13.4. The first-order chi connectivity index (χ1) is 24.0. The first-order valence-electron chi connectivity index (χ1n) is 15.2. The highest BCUT2D eigenvalue weighted by Gasteiger charge is 2.50. The zero-order chi connectivity index (χ0) is 37.3. The Labute approximate surface area is 286 Å². The summed E-state index contributed by atoms with van der Waals surface area (Å²) in [4.78, 5) is 48.8. The Hall–Kier alpha value is -5.18. The zero-order valence-corrected chi connectivity index (χ0v) is 27.0. The second-order valence-corrected chi connectivity index (χ2v) is 11.6. The van der Waals surface area contributed by atoms with Gasteiger partial charge in [0, 0.05) is 38.5 Å². The van der Waals surface area contributed by atoms with Gasteiger partial charge in [-0.3, -0.25) is 19.2 Å². The van der Waals surface area contributed by atoms with Gasteiger partial charge in [-0.05, 0) is 18.2 Å². The summed E-state index contributed by atoms with van der Waals surface area (Å²) in [6.45, 7) is 2.20. The van der Waals surface area contributed by atoms with Crippen LogP contribution < -0.4 is 10.2 Å². The average molecular weight is 723 g/mol. The number of aliphatic hydroxyl groups is 3. The summed E-state index contributed by atoms with van der Waals surface area (Å²) >= 11 is 0. The van der Waals surface area contributed by atoms with Crippen LogP contribution in [0, 0.1) is 0 Å². The van der Waals surface area contributed by atoms with Gasteiger partial charge in [0.2, 0.25) is 17.5 Å². The molecule has 19 heteroatoms. The van der Waals surface area contributed by atoms with Gasteiger partial charge in [0.1, 0.15) is 46.9 Å². The van der Waals surface area contributed by atoms with E-state index in [-0.39, 0.29) is 17.8 Å². The smallest absolute Gasteiger partial charge is 0.303 e. The standard InChI is InChI=1S/C32H34O19/c1-11(33)46-21-10-45-32(30(48-13(3)35)29(21)47-12(2)34)44-9-20-23(39)25(41)27(43)31(51-20)50-19-8-15(36)7-18-22(19)24(40)26(42)28(49-18)14-4-5-16(37)17(38)6-14/h4-8,20-21,23,25,27,29-32,36-39,41-43H,9-10H2,1-3H3/t20-,21+,23-,25+,27-,29+,30-,31-,32-/m1/s1. The number of phenols is 3. The number of rotatable bonds is 9. The number of aromatic hydroxyl groups is 4. The molecular formula is C32H34O19. The summed E-state index contributed by atoms with van der Waals surface area (Å²) in [5.74, 6) is -5.86. The van der Waals surface area contributed by atoms with Crippen LogP contribution >= 0.6 is 0 Å². The predicted molar refractivity (Wildman–Crippen MR) is 164 cm³/mol. The van der Waals surface area contributed by atoms with Crippen LogP contribution in [0.2, 0.25) is 0 Å². The molecule has 51 heavy (non-hydrogen) atoms. The third-order valence-corrected chi connectivity index (χ3v) is 7.80. The van der Waals surface area contributed by atoms with E-state index in [2.05, 4.69) is 0 Å². The SMILES string of the molecule is CC(=O)O[C@@H]1[C@@H](OC(C)=O)[C@H](OC[C@H]2O[C@@H](Oc3cc(O)cc4oc(-c5ccc(O)c(O)c5)c(O)c(=O)c34)[C@H](O)[C@@H](O)[C@@H]2O)OC[C@@H]1OC(C)=O. The van der Waals surface area contributed by atoms with E-state index in [0.717, 1.165) is 45.0 Å². The number of phenolic OH excluding ortho intramolecular Hbond substituents is 3. The molecule has 5 rings (SSSR count). The van der Waals surface area contributed by atoms with Crippen molar-refractivity contribution >= 4 is 28.9 Å². The van der Waals surface area contributed by atoms with Crippen molar-refractivity contribution in [2.75, 3.05) is 13.2 Å². The Morgan fingerprint density at radius 2 is 1.47 bits per heavy atom. The van der Waals surface area contributed by atoms with Crippen molar-refractivity contribution in [1.82, 2.24) is 0 Å². The summed E-state index contributed by atoms with van der Waals surface area (Å²) < 4.78 is 44.0. The molecule has 0 aliphatic carbocycles. The molecule has 2 aliphatic heterocycles. The molecule has 7 N–H and O–H groups in total. The molecular weight excluding hydrogens is 688 g/mol. The number of carbonyl (C=O) groups is 3. The third-order valence-electron chi connectivity index (χ3n) is 7.80. The number of esters is 3. The summed E-state index contributed by atoms with van der Waals surface area (Å²) in [7, 11) is 0. The molecule has 9 atom stereocenters. The minimum Gasteiger partial charge on any atom is -0.508 e. The van der Waals surface area contributed by atoms with Crippen LogP contribution in [0.1, 0.15) is 20.8 Å². The van der Waals surface area contributed by atoms with Gasteiger partial charge < -0.3 is 73.3 Å². The minimum atomic E-state index is -1.97. The van der Waals surface area contributed by atoms with Crippen molar-refractivity contribution in [3.63, 3.8) is 0 Å². The second-order valence-electron chi connectivity index (χ2n) is 11.6. The van der Waals surface area contributed by atoms with Crippen LogP contribution in [-0.2, 0) is 42.8 Å². The predicted octanol–water partition coefficient (Wildman–Crippen LogP) is -0.363. The molecule has 0 saturated carbocycles. The van der Waals surface area contributed by atoms with Crippen molar-refractivity contribution in [3.8, 4) is 40.1 Å². The molecule has 276 valence electrons. The summed E-state index contributed by atoms with van der Waals surface area (Å²) in [5.41, 5.74) is -1.43. The Morgan fingerprint density at radius 3 is 2.12 bits per heavy atom. The Bertz CT molecular complexity index is 1850. The van der Waals surface area contributed by atoms with Crippen molar-refractivity contribution in [3.05, 3.63) is 40.6 Å². The fourth-order valence-electron chi connectivity index (χ4n) is 5.53. The molecule has 0 bridgehead atoms. The molecule has 0 spiro atoms. The lowest BCUT2D eigenvalue weighted by Crippen LogP contribution is -2.61. The number of fused-ring (bicyclic) bond motifs is 1. The molecule has 0 unspecified atom stereocenters. The normalized spacial score (nSPS) is 27.8. The van der Waals surface area contributed by atoms with Crippen molar-refractivity contribution in [2.24, 2.45) is 0 Å². The number of ether oxygens (including phenoxy) is 7. The highest BCUT2D eigenvalue weighted by Crippen LogP contribution is 2.39. The third kappa shape index (κ3) is 7.93. The number of hydrogen-bond acceptors (Lipinski definition) is 19. The van der Waals surface area contributed by atoms with Gasteiger partial charge in [-0.1, -0.05) is 0 Å². The Balaban J connectivity index is 1.40. The van der Waals surface area contributed by atoms with Crippen molar-refractivity contribution in [2.45, 2.75) is 76.1 Å². The van der Waals surface area contributed by atoms with Gasteiger partial charge in [0.25, 0.3) is 0 Å². The van der Waals surface area contributed by atoms with Crippen LogP contribution in [-0.4, -0.2) is 122 Å². The van der Waals surface area contributed by atoms with Gasteiger partial charge in [-0.2, -0.15) is 0 Å². The number of aliphatic hydroxyl groups excluding tert-OH is 3. The summed E-state index contributed by atoms with van der Waals surface area (Å²) in [5, 5.41) is 72.3. The van der Waals surface area contributed by atoms with Gasteiger partial charge in [-0.15, -0.1) is 0 Å². The van der Waals surface area contributed by atoms with Gasteiger partial charge in [0.15, 0.2) is 41.9 Å². The van der Waals surface area contributed by atoms with Crippen molar-refractivity contribution < 1.29 is 87.7 Å². The van der Waals surface area contributed by atoms with Gasteiger partial charge in [0.05, 0.1) is 13.2 Å². The number of carbonyl (C=O) groups excluding carboxylic acids is 3. The topological polar surface area (TPSA) is 288 Å². The highest BCUT2D eigenvalue weighted by atomic mass is 16.7. The fourth-order valence-corrected chi connectivity index (χ4v) is 5.53. The molecule has 0 radical (unpaired) electrons. The van der Waals surface area contributed by atoms with E-state index in [1.807, 2.05) is 0 Å². The van der Waals surface area contributed by atoms with Gasteiger partial charge in [-0.25, -0.2) is 0 Å². The molecule has 19 nitrogen and oxygen atoms in total. The van der Waals surface area contributed by atoms with Crippen LogP contribution in [0.5, 0.6) is 28.7 Å². The number of hydrogen-bond donors (Lipinski definition) is 7. The average Bonchev–Trinajstić information content (AvgIpc) is 3.05. The maximum Gasteiger partial charge on any atom is 0.303 e. The Morgan fingerprint density at radius 1 is 0.804 bits per heavy atom. The molecule has 2 aromatic carbocycles. The van der Waals surface area contributed by atoms with Crippen LogP contribution in [0.3, 0.4) is 0 Å². The van der Waals surface area contributed by atoms with Crippen LogP contribution in [0.4, 0.5) is 0 Å². The van der Waals surface area contributed by atoms with E-state index in [1.54, 1.807) is 0 Å². The maximum atomic E-state index is 13.4. The lowest BCUT2D eigenvalue weighted by Gasteiger charge is -2.42.